The van der Waals surface area contributed by atoms with Crippen molar-refractivity contribution < 1.29 is 23.6 Å². The minimum absolute atomic E-state index is 0.401. The van der Waals surface area contributed by atoms with E-state index < -0.39 is 24.3 Å². The van der Waals surface area contributed by atoms with E-state index in [4.69, 9.17) is 18.8 Å². The number of benzene rings is 1. The van der Waals surface area contributed by atoms with Gasteiger partial charge < -0.3 is 18.8 Å². The van der Waals surface area contributed by atoms with Crippen LogP contribution in [0.1, 0.15) is 45.0 Å². The molecule has 0 amide bonds. The third-order valence-electron chi connectivity index (χ3n) is 4.24. The Morgan fingerprint density at radius 3 is 2.27 bits per heavy atom. The van der Waals surface area contributed by atoms with Gasteiger partial charge in [-0.3, -0.25) is 0 Å². The lowest BCUT2D eigenvalue weighted by molar-refractivity contribution is 0.00578. The van der Waals surface area contributed by atoms with Crippen LogP contribution in [-0.2, 0) is 14.0 Å². The summed E-state index contributed by atoms with van der Waals surface area (Å²) in [6.45, 7) is 10.4. The van der Waals surface area contributed by atoms with E-state index in [2.05, 4.69) is 0 Å². The molecule has 1 aromatic rings. The second-order valence-electron chi connectivity index (χ2n) is 6.27. The summed E-state index contributed by atoms with van der Waals surface area (Å²) in [6, 6.07) is 5.14. The van der Waals surface area contributed by atoms with E-state index >= 15 is 0 Å². The van der Waals surface area contributed by atoms with Crippen LogP contribution in [0.2, 0.25) is 0 Å². The van der Waals surface area contributed by atoms with E-state index in [1.165, 1.54) is 7.11 Å². The van der Waals surface area contributed by atoms with Crippen molar-refractivity contribution in [2.75, 3.05) is 13.7 Å². The number of ether oxygens (including phenoxy) is 2. The van der Waals surface area contributed by atoms with Crippen molar-refractivity contribution in [3.8, 4) is 5.75 Å². The smallest absolute Gasteiger partial charge is 0.494 e. The summed E-state index contributed by atoms with van der Waals surface area (Å²) in [5, 5.41) is 0. The zero-order chi connectivity index (χ0) is 16.5. The van der Waals surface area contributed by atoms with Crippen LogP contribution in [0.3, 0.4) is 0 Å². The zero-order valence-electron chi connectivity index (χ0n) is 14.1. The average molecular weight is 306 g/mol. The lowest BCUT2D eigenvalue weighted by Gasteiger charge is -2.32. The first-order chi connectivity index (χ1) is 10.2. The van der Waals surface area contributed by atoms with E-state index in [9.17, 15) is 4.79 Å². The molecule has 1 fully saturated rings. The summed E-state index contributed by atoms with van der Waals surface area (Å²) in [5.74, 6) is 0.172. The van der Waals surface area contributed by atoms with E-state index in [-0.39, 0.29) is 0 Å². The average Bonchev–Trinajstić information content (AvgIpc) is 2.66. The van der Waals surface area contributed by atoms with Gasteiger partial charge in [-0.1, -0.05) is 6.07 Å². The number of methoxy groups -OCH3 is 1. The summed E-state index contributed by atoms with van der Waals surface area (Å²) < 4.78 is 22.5. The quantitative estimate of drug-likeness (QED) is 0.630. The van der Waals surface area contributed by atoms with Crippen molar-refractivity contribution in [2.45, 2.75) is 45.8 Å². The molecule has 0 spiro atoms. The molecular formula is C16H23BO5. The van der Waals surface area contributed by atoms with Crippen LogP contribution in [0, 0.1) is 0 Å². The van der Waals surface area contributed by atoms with Crippen molar-refractivity contribution in [3.05, 3.63) is 23.8 Å². The largest absolute Gasteiger partial charge is 0.498 e. The molecule has 0 atom stereocenters. The van der Waals surface area contributed by atoms with Gasteiger partial charge in [0.2, 0.25) is 0 Å². The van der Waals surface area contributed by atoms with Crippen LogP contribution in [0.5, 0.6) is 5.75 Å². The number of hydrogen-bond donors (Lipinski definition) is 0. The number of hydrogen-bond acceptors (Lipinski definition) is 5. The first-order valence-corrected chi connectivity index (χ1v) is 7.42. The molecule has 0 aliphatic carbocycles. The Balaban J connectivity index is 2.37. The van der Waals surface area contributed by atoms with Crippen molar-refractivity contribution >= 4 is 18.6 Å². The Morgan fingerprint density at radius 1 is 1.18 bits per heavy atom. The molecule has 1 aliphatic heterocycles. The molecule has 2 rings (SSSR count). The van der Waals surface area contributed by atoms with Crippen LogP contribution in [0.4, 0.5) is 0 Å². The maximum atomic E-state index is 11.7. The fraction of sp³-hybridized carbons (Fsp3) is 0.562. The van der Waals surface area contributed by atoms with Crippen LogP contribution < -0.4 is 10.2 Å². The Kier molecular flexibility index (Phi) is 4.54. The van der Waals surface area contributed by atoms with Gasteiger partial charge in [0.25, 0.3) is 0 Å². The molecule has 1 saturated heterocycles. The molecule has 0 aromatic heterocycles. The van der Waals surface area contributed by atoms with Crippen molar-refractivity contribution in [2.24, 2.45) is 0 Å². The lowest BCUT2D eigenvalue weighted by atomic mass is 9.78. The highest BCUT2D eigenvalue weighted by atomic mass is 16.7. The highest BCUT2D eigenvalue weighted by Gasteiger charge is 2.52. The van der Waals surface area contributed by atoms with Gasteiger partial charge in [0.15, 0.2) is 0 Å². The minimum Gasteiger partial charge on any atom is -0.494 e. The highest BCUT2D eigenvalue weighted by molar-refractivity contribution is 6.63. The topological polar surface area (TPSA) is 54.0 Å². The van der Waals surface area contributed by atoms with Crippen molar-refractivity contribution in [3.63, 3.8) is 0 Å². The number of carbonyl (C=O) groups is 1. The van der Waals surface area contributed by atoms with Crippen LogP contribution in [-0.4, -0.2) is 38.0 Å². The maximum Gasteiger partial charge on any atom is 0.498 e. The van der Waals surface area contributed by atoms with E-state index in [0.29, 0.717) is 17.9 Å². The molecule has 0 saturated carbocycles. The van der Waals surface area contributed by atoms with Gasteiger partial charge in [0.05, 0.1) is 30.5 Å². The first kappa shape index (κ1) is 16.8. The van der Waals surface area contributed by atoms with Gasteiger partial charge in [0, 0.05) is 5.46 Å². The Morgan fingerprint density at radius 2 is 1.77 bits per heavy atom. The predicted octanol–water partition coefficient (Wildman–Crippen LogP) is 2.17. The van der Waals surface area contributed by atoms with E-state index in [1.807, 2.05) is 34.6 Å². The molecule has 1 aromatic carbocycles. The molecular weight excluding hydrogens is 283 g/mol. The summed E-state index contributed by atoms with van der Waals surface area (Å²) >= 11 is 0. The second kappa shape index (κ2) is 5.93. The number of esters is 1. The molecule has 0 bridgehead atoms. The summed E-state index contributed by atoms with van der Waals surface area (Å²) in [7, 11) is 0.823. The molecule has 0 radical (unpaired) electrons. The van der Waals surface area contributed by atoms with Gasteiger partial charge in [-0.2, -0.15) is 0 Å². The third kappa shape index (κ3) is 2.98. The molecule has 1 heterocycles. The monoisotopic (exact) mass is 306 g/mol. The van der Waals surface area contributed by atoms with Crippen LogP contribution >= 0.6 is 0 Å². The molecule has 5 nitrogen and oxygen atoms in total. The van der Waals surface area contributed by atoms with Gasteiger partial charge >= 0.3 is 13.1 Å². The Bertz CT molecular complexity index is 552. The Labute approximate surface area is 132 Å². The minimum atomic E-state index is -0.529. The molecule has 6 heteroatoms. The fourth-order valence-electron chi connectivity index (χ4n) is 2.22. The van der Waals surface area contributed by atoms with E-state index in [0.717, 1.165) is 5.46 Å². The summed E-state index contributed by atoms with van der Waals surface area (Å²) in [6.07, 6.45) is 0. The fourth-order valence-corrected chi connectivity index (χ4v) is 2.22. The number of carbonyl (C=O) groups excluding carboxylic acids is 1. The second-order valence-corrected chi connectivity index (χ2v) is 6.27. The standard InChI is InChI=1S/C16H23BO5/c1-7-20-13-10-11(14(18)19-6)8-9-12(13)17-21-15(2,3)16(4,5)22-17/h8-10H,7H2,1-6H3. The van der Waals surface area contributed by atoms with Crippen molar-refractivity contribution in [1.29, 1.82) is 0 Å². The van der Waals surface area contributed by atoms with E-state index in [1.54, 1.807) is 18.2 Å². The van der Waals surface area contributed by atoms with Gasteiger partial charge in [-0.05, 0) is 46.8 Å². The first-order valence-electron chi connectivity index (χ1n) is 7.42. The summed E-state index contributed by atoms with van der Waals surface area (Å²) in [4.78, 5) is 11.7. The van der Waals surface area contributed by atoms with Gasteiger partial charge in [-0.25, -0.2) is 4.79 Å². The SMILES string of the molecule is CCOc1cc(C(=O)OC)ccc1B1OC(C)(C)C(C)(C)O1. The lowest BCUT2D eigenvalue weighted by Crippen LogP contribution is -2.41. The number of rotatable bonds is 4. The summed E-state index contributed by atoms with van der Waals surface area (Å²) in [5.41, 5.74) is 0.351. The molecule has 1 aliphatic rings. The van der Waals surface area contributed by atoms with Crippen molar-refractivity contribution in [1.82, 2.24) is 0 Å². The maximum absolute atomic E-state index is 11.7. The third-order valence-corrected chi connectivity index (χ3v) is 4.24. The van der Waals surface area contributed by atoms with Gasteiger partial charge in [-0.15, -0.1) is 0 Å². The van der Waals surface area contributed by atoms with Gasteiger partial charge in [0.1, 0.15) is 5.75 Å². The van der Waals surface area contributed by atoms with Crippen LogP contribution in [0.15, 0.2) is 18.2 Å². The molecule has 22 heavy (non-hydrogen) atoms. The molecule has 0 unspecified atom stereocenters. The molecule has 0 N–H and O–H groups in total. The molecule has 120 valence electrons. The van der Waals surface area contributed by atoms with Crippen LogP contribution in [0.25, 0.3) is 0 Å². The zero-order valence-corrected chi connectivity index (χ0v) is 14.1. The normalized spacial score (nSPS) is 19.1. The Hall–Kier alpha value is -1.53. The predicted molar refractivity (Wildman–Crippen MR) is 84.7 cm³/mol. The highest BCUT2D eigenvalue weighted by Crippen LogP contribution is 2.37.